The average molecular weight is 442 g/mol. The molecule has 1 atom stereocenters. The van der Waals surface area contributed by atoms with Gasteiger partial charge in [0.25, 0.3) is 0 Å². The Labute approximate surface area is 183 Å². The Hall–Kier alpha value is -2.71. The van der Waals surface area contributed by atoms with Crippen LogP contribution in [0.4, 0.5) is 11.4 Å². The largest absolute Gasteiger partial charge is 0.326 e. The molecule has 2 amide bonds. The van der Waals surface area contributed by atoms with Crippen molar-refractivity contribution in [3.8, 4) is 0 Å². The van der Waals surface area contributed by atoms with Gasteiger partial charge in [-0.2, -0.15) is 4.31 Å². The molecule has 7 nitrogen and oxygen atoms in total. The Bertz CT molecular complexity index is 1080. The molecule has 31 heavy (non-hydrogen) atoms. The average Bonchev–Trinajstić information content (AvgIpc) is 3.45. The molecule has 2 aliphatic heterocycles. The van der Waals surface area contributed by atoms with E-state index in [1.807, 2.05) is 24.3 Å². The zero-order valence-electron chi connectivity index (χ0n) is 17.6. The van der Waals surface area contributed by atoms with Crippen LogP contribution in [0.2, 0.25) is 0 Å². The normalized spacial score (nSPS) is 19.7. The zero-order valence-corrected chi connectivity index (χ0v) is 18.4. The number of carbonyl (C=O) groups excluding carboxylic acids is 2. The number of aryl methyl sites for hydroxylation is 1. The second-order valence-corrected chi connectivity index (χ2v) is 9.99. The van der Waals surface area contributed by atoms with Crippen molar-refractivity contribution in [2.45, 2.75) is 37.5 Å². The zero-order chi connectivity index (χ0) is 22.0. The van der Waals surface area contributed by atoms with Crippen LogP contribution >= 0.6 is 0 Å². The van der Waals surface area contributed by atoms with Crippen molar-refractivity contribution in [3.05, 3.63) is 54.1 Å². The van der Waals surface area contributed by atoms with E-state index >= 15 is 0 Å². The number of nitrogens with one attached hydrogen (secondary N) is 1. The van der Waals surface area contributed by atoms with Gasteiger partial charge in [-0.3, -0.25) is 9.59 Å². The van der Waals surface area contributed by atoms with Gasteiger partial charge in [0, 0.05) is 37.4 Å². The maximum absolute atomic E-state index is 12.8. The lowest BCUT2D eigenvalue weighted by molar-refractivity contribution is -0.122. The first-order valence-electron chi connectivity index (χ1n) is 10.7. The van der Waals surface area contributed by atoms with Crippen LogP contribution in [0, 0.1) is 5.92 Å². The SMILES string of the molecule is CCc1ccc(N2C[C@@H](C(=O)Nc3cccc(S(=O)(=O)N4CCCC4)c3)CC2=O)cc1. The maximum Gasteiger partial charge on any atom is 0.243 e. The van der Waals surface area contributed by atoms with Gasteiger partial charge < -0.3 is 10.2 Å². The van der Waals surface area contributed by atoms with E-state index in [-0.39, 0.29) is 23.1 Å². The summed E-state index contributed by atoms with van der Waals surface area (Å²) in [5.74, 6) is -0.858. The fraction of sp³-hybridized carbons (Fsp3) is 0.391. The van der Waals surface area contributed by atoms with Gasteiger partial charge in [-0.05, 0) is 55.2 Å². The Morgan fingerprint density at radius 1 is 1.10 bits per heavy atom. The Balaban J connectivity index is 1.44. The molecule has 0 bridgehead atoms. The minimum Gasteiger partial charge on any atom is -0.326 e. The van der Waals surface area contributed by atoms with Crippen LogP contribution in [0.3, 0.4) is 0 Å². The number of sulfonamides is 1. The van der Waals surface area contributed by atoms with Crippen LogP contribution in [-0.4, -0.2) is 44.2 Å². The fourth-order valence-electron chi connectivity index (χ4n) is 4.10. The van der Waals surface area contributed by atoms with Gasteiger partial charge in [0.15, 0.2) is 0 Å². The summed E-state index contributed by atoms with van der Waals surface area (Å²) in [6.45, 7) is 3.43. The second-order valence-electron chi connectivity index (χ2n) is 8.05. The van der Waals surface area contributed by atoms with Crippen molar-refractivity contribution < 1.29 is 18.0 Å². The van der Waals surface area contributed by atoms with Crippen LogP contribution in [0.15, 0.2) is 53.4 Å². The fourth-order valence-corrected chi connectivity index (χ4v) is 5.66. The standard InChI is InChI=1S/C23H27N3O4S/c1-2-17-8-10-20(11-9-17)26-16-18(14-22(26)27)23(28)24-19-6-5-7-21(15-19)31(29,30)25-12-3-4-13-25/h5-11,15,18H,2-4,12-14,16H2,1H3,(H,24,28)/t18-/m0/s1. The van der Waals surface area contributed by atoms with Crippen LogP contribution in [0.25, 0.3) is 0 Å². The quantitative estimate of drug-likeness (QED) is 0.747. The number of hydrogen-bond donors (Lipinski definition) is 1. The van der Waals surface area contributed by atoms with Crippen LogP contribution in [-0.2, 0) is 26.0 Å². The van der Waals surface area contributed by atoms with Gasteiger partial charge in [-0.25, -0.2) is 8.42 Å². The van der Waals surface area contributed by atoms with Gasteiger partial charge >= 0.3 is 0 Å². The highest BCUT2D eigenvalue weighted by Crippen LogP contribution is 2.27. The lowest BCUT2D eigenvalue weighted by Gasteiger charge is -2.18. The highest BCUT2D eigenvalue weighted by Gasteiger charge is 2.35. The van der Waals surface area contributed by atoms with E-state index in [1.165, 1.54) is 15.9 Å². The topological polar surface area (TPSA) is 86.8 Å². The summed E-state index contributed by atoms with van der Waals surface area (Å²) in [5, 5.41) is 2.80. The first-order chi connectivity index (χ1) is 14.9. The van der Waals surface area contributed by atoms with Gasteiger partial charge in [0.05, 0.1) is 10.8 Å². The van der Waals surface area contributed by atoms with Crippen LogP contribution < -0.4 is 10.2 Å². The van der Waals surface area contributed by atoms with Gasteiger partial charge in [0.2, 0.25) is 21.8 Å². The molecule has 2 aromatic rings. The van der Waals surface area contributed by atoms with Gasteiger partial charge in [-0.15, -0.1) is 0 Å². The first kappa shape index (κ1) is 21.5. The molecule has 0 radical (unpaired) electrons. The number of anilines is 2. The Kier molecular flexibility index (Phi) is 6.11. The monoisotopic (exact) mass is 441 g/mol. The van der Waals surface area contributed by atoms with Crippen molar-refractivity contribution in [1.82, 2.24) is 4.31 Å². The van der Waals surface area contributed by atoms with Crippen molar-refractivity contribution >= 4 is 33.2 Å². The third-order valence-electron chi connectivity index (χ3n) is 5.96. The minimum absolute atomic E-state index is 0.0882. The maximum atomic E-state index is 12.8. The number of nitrogens with zero attached hydrogens (tertiary/aromatic N) is 2. The second kappa shape index (κ2) is 8.80. The molecule has 2 aliphatic rings. The van der Waals surface area contributed by atoms with E-state index in [1.54, 1.807) is 23.1 Å². The van der Waals surface area contributed by atoms with E-state index < -0.39 is 15.9 Å². The lowest BCUT2D eigenvalue weighted by Crippen LogP contribution is -2.29. The molecular weight excluding hydrogens is 414 g/mol. The summed E-state index contributed by atoms with van der Waals surface area (Å²) in [4.78, 5) is 27.1. The molecule has 2 saturated heterocycles. The van der Waals surface area contributed by atoms with Crippen LogP contribution in [0.1, 0.15) is 31.7 Å². The Morgan fingerprint density at radius 3 is 2.48 bits per heavy atom. The summed E-state index contributed by atoms with van der Waals surface area (Å²) in [6, 6.07) is 14.1. The number of benzene rings is 2. The molecule has 4 rings (SSSR count). The molecular formula is C23H27N3O4S. The molecule has 1 N–H and O–H groups in total. The van der Waals surface area contributed by atoms with Crippen LogP contribution in [0.5, 0.6) is 0 Å². The van der Waals surface area contributed by atoms with E-state index in [0.717, 1.165) is 24.9 Å². The van der Waals surface area contributed by atoms with E-state index in [0.29, 0.717) is 25.3 Å². The minimum atomic E-state index is -3.56. The molecule has 0 unspecified atom stereocenters. The predicted molar refractivity (Wildman–Crippen MR) is 119 cm³/mol. The first-order valence-corrected chi connectivity index (χ1v) is 12.1. The number of carbonyl (C=O) groups is 2. The molecule has 0 spiro atoms. The molecule has 8 heteroatoms. The molecule has 164 valence electrons. The van der Waals surface area contributed by atoms with Crippen molar-refractivity contribution in [1.29, 1.82) is 0 Å². The van der Waals surface area contributed by atoms with E-state index in [4.69, 9.17) is 0 Å². The third-order valence-corrected chi connectivity index (χ3v) is 7.85. The summed E-state index contributed by atoms with van der Waals surface area (Å²) in [6.07, 6.45) is 2.78. The van der Waals surface area contributed by atoms with Crippen molar-refractivity contribution in [2.24, 2.45) is 5.92 Å². The molecule has 0 saturated carbocycles. The van der Waals surface area contributed by atoms with Gasteiger partial charge in [-0.1, -0.05) is 25.1 Å². The highest BCUT2D eigenvalue weighted by atomic mass is 32.2. The lowest BCUT2D eigenvalue weighted by atomic mass is 10.1. The highest BCUT2D eigenvalue weighted by molar-refractivity contribution is 7.89. The summed E-state index contributed by atoms with van der Waals surface area (Å²) in [7, 11) is -3.56. The molecule has 0 aliphatic carbocycles. The van der Waals surface area contributed by atoms with Crippen molar-refractivity contribution in [2.75, 3.05) is 29.9 Å². The number of hydrogen-bond acceptors (Lipinski definition) is 4. The number of amides is 2. The van der Waals surface area contributed by atoms with E-state index in [9.17, 15) is 18.0 Å². The molecule has 0 aromatic heterocycles. The Morgan fingerprint density at radius 2 is 1.81 bits per heavy atom. The molecule has 2 aromatic carbocycles. The summed E-state index contributed by atoms with van der Waals surface area (Å²) in [5.41, 5.74) is 2.40. The third kappa shape index (κ3) is 4.50. The smallest absolute Gasteiger partial charge is 0.243 e. The summed E-state index contributed by atoms with van der Waals surface area (Å²) >= 11 is 0. The summed E-state index contributed by atoms with van der Waals surface area (Å²) < 4.78 is 27.0. The van der Waals surface area contributed by atoms with E-state index in [2.05, 4.69) is 12.2 Å². The molecule has 2 fully saturated rings. The van der Waals surface area contributed by atoms with Gasteiger partial charge in [0.1, 0.15) is 0 Å². The van der Waals surface area contributed by atoms with Crippen molar-refractivity contribution in [3.63, 3.8) is 0 Å². The number of rotatable bonds is 6. The molecule has 2 heterocycles. The predicted octanol–water partition coefficient (Wildman–Crippen LogP) is 3.03.